The second kappa shape index (κ2) is 5.02. The topological polar surface area (TPSA) is 67.8 Å². The van der Waals surface area contributed by atoms with E-state index < -0.39 is 17.1 Å². The minimum absolute atomic E-state index is 0.108. The minimum Gasteiger partial charge on any atom is -0.504 e. The van der Waals surface area contributed by atoms with Crippen molar-refractivity contribution in [1.29, 1.82) is 0 Å². The van der Waals surface area contributed by atoms with Crippen LogP contribution in [0.5, 0.6) is 11.5 Å². The van der Waals surface area contributed by atoms with Gasteiger partial charge in [-0.3, -0.25) is 4.79 Å². The third kappa shape index (κ3) is 1.86. The third-order valence-electron chi connectivity index (χ3n) is 7.65. The summed E-state index contributed by atoms with van der Waals surface area (Å²) < 4.78 is 12.3. The van der Waals surface area contributed by atoms with E-state index in [1.165, 1.54) is 12.8 Å². The molecule has 4 aliphatic rings. The number of carbonyl (C=O) groups excluding carboxylic acids is 1. The Hall–Kier alpha value is -1.59. The van der Waals surface area contributed by atoms with Crippen LogP contribution in [0.15, 0.2) is 12.1 Å². The molecule has 0 bridgehead atoms. The van der Waals surface area contributed by atoms with E-state index in [2.05, 4.69) is 19.2 Å². The SMILES string of the molecule is COC12CCC(=O)C3Oc4c(O)ccc(c4C31C)CC2NCC1(C)CC1. The second-order valence-electron chi connectivity index (χ2n) is 9.16. The summed E-state index contributed by atoms with van der Waals surface area (Å²) in [6, 6.07) is 3.80. The Bertz CT molecular complexity index is 801. The van der Waals surface area contributed by atoms with E-state index in [0.717, 1.165) is 24.1 Å². The zero-order valence-electron chi connectivity index (χ0n) is 15.7. The molecule has 2 saturated carbocycles. The van der Waals surface area contributed by atoms with Crippen LogP contribution in [0.2, 0.25) is 0 Å². The molecule has 0 aromatic heterocycles. The maximum Gasteiger partial charge on any atom is 0.174 e. The maximum atomic E-state index is 12.8. The van der Waals surface area contributed by atoms with Gasteiger partial charge in [-0.1, -0.05) is 13.0 Å². The van der Waals surface area contributed by atoms with Gasteiger partial charge in [0.1, 0.15) is 0 Å². The van der Waals surface area contributed by atoms with Crippen molar-refractivity contribution in [3.05, 3.63) is 23.3 Å². The van der Waals surface area contributed by atoms with Crippen LogP contribution in [-0.2, 0) is 21.4 Å². The minimum atomic E-state index is -0.584. The quantitative estimate of drug-likeness (QED) is 0.866. The van der Waals surface area contributed by atoms with E-state index in [1.54, 1.807) is 13.2 Å². The van der Waals surface area contributed by atoms with Crippen molar-refractivity contribution in [3.8, 4) is 11.5 Å². The first-order chi connectivity index (χ1) is 12.3. The van der Waals surface area contributed by atoms with E-state index in [1.807, 2.05) is 6.07 Å². The molecule has 1 aromatic carbocycles. The Morgan fingerprint density at radius 3 is 2.77 bits per heavy atom. The molecule has 0 amide bonds. The summed E-state index contributed by atoms with van der Waals surface area (Å²) >= 11 is 0. The standard InChI is InChI=1S/C21H27NO4/c1-19(8-9-19)11-22-15-10-12-4-5-13(23)17-16(12)20(2)18(26-17)14(24)6-7-21(15,20)25-3/h4-5,15,18,22-23H,6-11H2,1-3H3. The normalized spacial score (nSPS) is 38.7. The molecule has 1 heterocycles. The fourth-order valence-electron chi connectivity index (χ4n) is 5.73. The number of phenols is 1. The van der Waals surface area contributed by atoms with Gasteiger partial charge in [0.05, 0.1) is 11.0 Å². The van der Waals surface area contributed by atoms with Crippen LogP contribution < -0.4 is 10.1 Å². The van der Waals surface area contributed by atoms with Crippen molar-refractivity contribution >= 4 is 5.78 Å². The van der Waals surface area contributed by atoms with Gasteiger partial charge in [0.2, 0.25) is 0 Å². The van der Waals surface area contributed by atoms with E-state index in [-0.39, 0.29) is 17.6 Å². The van der Waals surface area contributed by atoms with Crippen LogP contribution in [0, 0.1) is 5.41 Å². The number of aromatic hydroxyl groups is 1. The van der Waals surface area contributed by atoms with Gasteiger partial charge in [0, 0.05) is 31.7 Å². The number of nitrogens with one attached hydrogen (secondary N) is 1. The number of methoxy groups -OCH3 is 1. The highest BCUT2D eigenvalue weighted by atomic mass is 16.5. The number of carbonyl (C=O) groups is 1. The Labute approximate surface area is 154 Å². The Morgan fingerprint density at radius 2 is 2.08 bits per heavy atom. The molecule has 2 fully saturated rings. The lowest BCUT2D eigenvalue weighted by Crippen LogP contribution is -2.72. The molecular weight excluding hydrogens is 330 g/mol. The molecule has 1 aromatic rings. The van der Waals surface area contributed by atoms with Crippen molar-refractivity contribution < 1.29 is 19.4 Å². The van der Waals surface area contributed by atoms with Crippen molar-refractivity contribution in [1.82, 2.24) is 5.32 Å². The fraction of sp³-hybridized carbons (Fsp3) is 0.667. The van der Waals surface area contributed by atoms with E-state index in [4.69, 9.17) is 9.47 Å². The van der Waals surface area contributed by atoms with Crippen molar-refractivity contribution in [2.24, 2.45) is 5.41 Å². The number of benzene rings is 1. The highest BCUT2D eigenvalue weighted by molar-refractivity contribution is 5.89. The number of ether oxygens (including phenoxy) is 2. The summed E-state index contributed by atoms with van der Waals surface area (Å²) in [5.41, 5.74) is 1.44. The molecule has 0 radical (unpaired) electrons. The first kappa shape index (κ1) is 16.6. The second-order valence-corrected chi connectivity index (χ2v) is 9.16. The highest BCUT2D eigenvalue weighted by Crippen LogP contribution is 2.62. The predicted octanol–water partition coefficient (Wildman–Crippen LogP) is 2.47. The van der Waals surface area contributed by atoms with Crippen LogP contribution in [0.4, 0.5) is 0 Å². The molecule has 3 aliphatic carbocycles. The number of rotatable bonds is 4. The van der Waals surface area contributed by atoms with Crippen LogP contribution in [0.25, 0.3) is 0 Å². The molecule has 0 saturated heterocycles. The van der Waals surface area contributed by atoms with Gasteiger partial charge in [0.25, 0.3) is 0 Å². The summed E-state index contributed by atoms with van der Waals surface area (Å²) in [6.07, 6.45) is 3.91. The van der Waals surface area contributed by atoms with E-state index in [0.29, 0.717) is 24.0 Å². The van der Waals surface area contributed by atoms with E-state index in [9.17, 15) is 9.90 Å². The molecular formula is C21H27NO4. The zero-order chi connectivity index (χ0) is 18.3. The van der Waals surface area contributed by atoms with Gasteiger partial charge >= 0.3 is 0 Å². The first-order valence-corrected chi connectivity index (χ1v) is 9.68. The average Bonchev–Trinajstić information content (AvgIpc) is 3.25. The molecule has 4 atom stereocenters. The maximum absolute atomic E-state index is 12.8. The Kier molecular flexibility index (Phi) is 3.20. The van der Waals surface area contributed by atoms with Gasteiger partial charge in [-0.2, -0.15) is 0 Å². The van der Waals surface area contributed by atoms with Gasteiger partial charge in [0.15, 0.2) is 23.4 Å². The number of Topliss-reactive ketones (excluding diaryl/α,β-unsaturated/α-hetero) is 1. The number of ketones is 1. The van der Waals surface area contributed by atoms with Crippen LogP contribution in [0.3, 0.4) is 0 Å². The summed E-state index contributed by atoms with van der Waals surface area (Å²) in [4.78, 5) is 12.8. The van der Waals surface area contributed by atoms with Crippen LogP contribution in [0.1, 0.15) is 50.7 Å². The van der Waals surface area contributed by atoms with Crippen molar-refractivity contribution in [2.45, 2.75) is 69.1 Å². The summed E-state index contributed by atoms with van der Waals surface area (Å²) in [6.45, 7) is 5.39. The van der Waals surface area contributed by atoms with Crippen LogP contribution in [-0.4, -0.2) is 42.3 Å². The molecule has 5 rings (SSSR count). The van der Waals surface area contributed by atoms with Gasteiger partial charge < -0.3 is 19.9 Å². The number of hydrogen-bond acceptors (Lipinski definition) is 5. The third-order valence-corrected chi connectivity index (χ3v) is 7.65. The van der Waals surface area contributed by atoms with Gasteiger partial charge in [-0.25, -0.2) is 0 Å². The lowest BCUT2D eigenvalue weighted by atomic mass is 9.52. The lowest BCUT2D eigenvalue weighted by molar-refractivity contribution is -0.164. The fourth-order valence-corrected chi connectivity index (χ4v) is 5.73. The van der Waals surface area contributed by atoms with Gasteiger partial charge in [-0.05, 0) is 49.7 Å². The molecule has 140 valence electrons. The summed E-state index contributed by atoms with van der Waals surface area (Å²) in [5, 5.41) is 14.2. The average molecular weight is 357 g/mol. The van der Waals surface area contributed by atoms with Crippen molar-refractivity contribution in [2.75, 3.05) is 13.7 Å². The molecule has 0 spiro atoms. The smallest absolute Gasteiger partial charge is 0.174 e. The van der Waals surface area contributed by atoms with Crippen molar-refractivity contribution in [3.63, 3.8) is 0 Å². The monoisotopic (exact) mass is 357 g/mol. The van der Waals surface area contributed by atoms with Gasteiger partial charge in [-0.15, -0.1) is 0 Å². The first-order valence-electron chi connectivity index (χ1n) is 9.68. The van der Waals surface area contributed by atoms with Crippen LogP contribution >= 0.6 is 0 Å². The largest absolute Gasteiger partial charge is 0.504 e. The Morgan fingerprint density at radius 1 is 1.31 bits per heavy atom. The van der Waals surface area contributed by atoms with E-state index >= 15 is 0 Å². The molecule has 1 aliphatic heterocycles. The molecule has 4 unspecified atom stereocenters. The zero-order valence-corrected chi connectivity index (χ0v) is 15.7. The molecule has 5 nitrogen and oxygen atoms in total. The number of phenolic OH excluding ortho intramolecular Hbond substituents is 1. The lowest BCUT2D eigenvalue weighted by Gasteiger charge is -2.57. The molecule has 2 N–H and O–H groups in total. The predicted molar refractivity (Wildman–Crippen MR) is 96.7 cm³/mol. The Balaban J connectivity index is 1.66. The number of hydrogen-bond donors (Lipinski definition) is 2. The molecule has 5 heteroatoms. The highest BCUT2D eigenvalue weighted by Gasteiger charge is 2.69. The summed E-state index contributed by atoms with van der Waals surface area (Å²) in [5.74, 6) is 0.713. The summed E-state index contributed by atoms with van der Waals surface area (Å²) in [7, 11) is 1.76. The molecule has 26 heavy (non-hydrogen) atoms.